The Labute approximate surface area is 109 Å². The van der Waals surface area contributed by atoms with Crippen LogP contribution in [0.25, 0.3) is 0 Å². The molecule has 0 aliphatic rings. The van der Waals surface area contributed by atoms with Crippen molar-refractivity contribution in [2.24, 2.45) is 0 Å². The molecule has 0 atom stereocenters. The van der Waals surface area contributed by atoms with E-state index in [1.165, 1.54) is 12.1 Å². The maximum Gasteiger partial charge on any atom is 0.258 e. The molecule has 0 unspecified atom stereocenters. The van der Waals surface area contributed by atoms with Gasteiger partial charge < -0.3 is 16.2 Å². The minimum atomic E-state index is -0.626. The molecule has 4 nitrogen and oxygen atoms in total. The van der Waals surface area contributed by atoms with E-state index in [4.69, 9.17) is 10.8 Å². The zero-order chi connectivity index (χ0) is 13.8. The number of hydrogen-bond donors (Lipinski definition) is 3. The van der Waals surface area contributed by atoms with Crippen molar-refractivity contribution >= 4 is 17.3 Å². The molecule has 5 heteroatoms. The van der Waals surface area contributed by atoms with Crippen LogP contribution in [0.4, 0.5) is 15.8 Å². The van der Waals surface area contributed by atoms with Crippen molar-refractivity contribution in [3.05, 3.63) is 59.4 Å². The van der Waals surface area contributed by atoms with Gasteiger partial charge in [0.2, 0.25) is 0 Å². The first-order valence-electron chi connectivity index (χ1n) is 5.66. The zero-order valence-corrected chi connectivity index (χ0v) is 10.1. The van der Waals surface area contributed by atoms with Gasteiger partial charge in [-0.15, -0.1) is 0 Å². The molecule has 0 saturated carbocycles. The van der Waals surface area contributed by atoms with Gasteiger partial charge in [-0.2, -0.15) is 0 Å². The Hall–Kier alpha value is -2.40. The van der Waals surface area contributed by atoms with Crippen LogP contribution in [0.15, 0.2) is 42.5 Å². The van der Waals surface area contributed by atoms with Crippen molar-refractivity contribution in [2.45, 2.75) is 6.61 Å². The lowest BCUT2D eigenvalue weighted by Gasteiger charge is -2.07. The van der Waals surface area contributed by atoms with Gasteiger partial charge in [-0.05, 0) is 35.9 Å². The summed E-state index contributed by atoms with van der Waals surface area (Å²) in [5, 5.41) is 11.5. The van der Waals surface area contributed by atoms with Crippen LogP contribution >= 0.6 is 0 Å². The molecule has 0 aliphatic heterocycles. The fourth-order valence-electron chi connectivity index (χ4n) is 1.61. The van der Waals surface area contributed by atoms with Gasteiger partial charge in [0.1, 0.15) is 5.82 Å². The van der Waals surface area contributed by atoms with E-state index in [1.807, 2.05) is 0 Å². The molecule has 2 rings (SSSR count). The summed E-state index contributed by atoms with van der Waals surface area (Å²) in [6.07, 6.45) is 0. The second kappa shape index (κ2) is 5.49. The first-order valence-corrected chi connectivity index (χ1v) is 5.66. The normalized spacial score (nSPS) is 10.2. The van der Waals surface area contributed by atoms with Gasteiger partial charge >= 0.3 is 0 Å². The lowest BCUT2D eigenvalue weighted by atomic mass is 10.1. The molecule has 19 heavy (non-hydrogen) atoms. The van der Waals surface area contributed by atoms with Crippen molar-refractivity contribution in [2.75, 3.05) is 11.1 Å². The van der Waals surface area contributed by atoms with E-state index in [2.05, 4.69) is 5.32 Å². The summed E-state index contributed by atoms with van der Waals surface area (Å²) in [6.45, 7) is -0.0714. The van der Waals surface area contributed by atoms with Crippen molar-refractivity contribution in [1.82, 2.24) is 0 Å². The first kappa shape index (κ1) is 13.0. The number of aliphatic hydroxyl groups excluding tert-OH is 1. The molecule has 0 fully saturated rings. The highest BCUT2D eigenvalue weighted by atomic mass is 19.1. The van der Waals surface area contributed by atoms with Crippen molar-refractivity contribution < 1.29 is 14.3 Å². The Bertz CT molecular complexity index is 597. The molecule has 0 spiro atoms. The maximum atomic E-state index is 13.5. The molecule has 1 amide bonds. The van der Waals surface area contributed by atoms with Crippen molar-refractivity contribution in [1.29, 1.82) is 0 Å². The van der Waals surface area contributed by atoms with E-state index >= 15 is 0 Å². The van der Waals surface area contributed by atoms with Gasteiger partial charge in [0.15, 0.2) is 0 Å². The summed E-state index contributed by atoms with van der Waals surface area (Å²) >= 11 is 0. The highest BCUT2D eigenvalue weighted by Gasteiger charge is 2.12. The quantitative estimate of drug-likeness (QED) is 0.740. The standard InChI is InChI=1S/C14H13FN2O2/c15-13-6-3-10(16)7-12(13)14(19)17-11-4-1-9(8-18)2-5-11/h1-7,18H,8,16H2,(H,17,19). The first-order chi connectivity index (χ1) is 9.10. The van der Waals surface area contributed by atoms with E-state index in [-0.39, 0.29) is 12.2 Å². The third-order valence-electron chi connectivity index (χ3n) is 2.63. The fourth-order valence-corrected chi connectivity index (χ4v) is 1.61. The second-order valence-electron chi connectivity index (χ2n) is 4.05. The average molecular weight is 260 g/mol. The molecule has 0 aliphatic carbocycles. The zero-order valence-electron chi connectivity index (χ0n) is 10.1. The minimum absolute atomic E-state index is 0.0714. The van der Waals surface area contributed by atoms with Crippen molar-refractivity contribution in [3.8, 4) is 0 Å². The summed E-state index contributed by atoms with van der Waals surface area (Å²) in [7, 11) is 0. The monoisotopic (exact) mass is 260 g/mol. The molecule has 0 saturated heterocycles. The fraction of sp³-hybridized carbons (Fsp3) is 0.0714. The number of nitrogen functional groups attached to an aromatic ring is 1. The van der Waals surface area contributed by atoms with Crippen LogP contribution in [0.5, 0.6) is 0 Å². The minimum Gasteiger partial charge on any atom is -0.399 e. The van der Waals surface area contributed by atoms with Crippen LogP contribution in [-0.2, 0) is 6.61 Å². The average Bonchev–Trinajstić information content (AvgIpc) is 2.42. The number of carbonyl (C=O) groups excluding carboxylic acids is 1. The predicted octanol–water partition coefficient (Wildman–Crippen LogP) is 2.15. The van der Waals surface area contributed by atoms with Gasteiger partial charge in [0.05, 0.1) is 12.2 Å². The molecular weight excluding hydrogens is 247 g/mol. The third kappa shape index (κ3) is 3.08. The maximum absolute atomic E-state index is 13.5. The van der Waals surface area contributed by atoms with Gasteiger partial charge in [0, 0.05) is 11.4 Å². The smallest absolute Gasteiger partial charge is 0.258 e. The summed E-state index contributed by atoms with van der Waals surface area (Å²) in [6, 6.07) is 10.4. The molecule has 0 radical (unpaired) electrons. The number of anilines is 2. The molecule has 4 N–H and O–H groups in total. The molecule has 0 bridgehead atoms. The van der Waals surface area contributed by atoms with E-state index in [9.17, 15) is 9.18 Å². The van der Waals surface area contributed by atoms with E-state index in [1.54, 1.807) is 24.3 Å². The van der Waals surface area contributed by atoms with Gasteiger partial charge in [-0.1, -0.05) is 12.1 Å². The lowest BCUT2D eigenvalue weighted by molar-refractivity contribution is 0.102. The summed E-state index contributed by atoms with van der Waals surface area (Å²) < 4.78 is 13.5. The van der Waals surface area contributed by atoms with Crippen LogP contribution in [0.3, 0.4) is 0 Å². The molecular formula is C14H13FN2O2. The lowest BCUT2D eigenvalue weighted by Crippen LogP contribution is -2.14. The largest absolute Gasteiger partial charge is 0.399 e. The number of amides is 1. The Kier molecular flexibility index (Phi) is 3.77. The molecule has 2 aromatic carbocycles. The third-order valence-corrected chi connectivity index (χ3v) is 2.63. The summed E-state index contributed by atoms with van der Waals surface area (Å²) in [5.41, 5.74) is 6.99. The molecule has 98 valence electrons. The van der Waals surface area contributed by atoms with Crippen LogP contribution in [0, 0.1) is 5.82 Å². The van der Waals surface area contributed by atoms with Crippen LogP contribution < -0.4 is 11.1 Å². The highest BCUT2D eigenvalue weighted by Crippen LogP contribution is 2.15. The van der Waals surface area contributed by atoms with E-state index in [0.29, 0.717) is 11.4 Å². The molecule has 0 aromatic heterocycles. The van der Waals surface area contributed by atoms with E-state index < -0.39 is 11.7 Å². The Morgan fingerprint density at radius 3 is 2.53 bits per heavy atom. The SMILES string of the molecule is Nc1ccc(F)c(C(=O)Nc2ccc(CO)cc2)c1. The van der Waals surface area contributed by atoms with Gasteiger partial charge in [-0.25, -0.2) is 4.39 Å². The van der Waals surface area contributed by atoms with Crippen LogP contribution in [0.1, 0.15) is 15.9 Å². The Morgan fingerprint density at radius 1 is 1.21 bits per heavy atom. The van der Waals surface area contributed by atoms with Crippen LogP contribution in [0.2, 0.25) is 0 Å². The summed E-state index contributed by atoms with van der Waals surface area (Å²) in [5.74, 6) is -1.19. The summed E-state index contributed by atoms with van der Waals surface area (Å²) in [4.78, 5) is 11.9. The Morgan fingerprint density at radius 2 is 1.89 bits per heavy atom. The van der Waals surface area contributed by atoms with E-state index in [0.717, 1.165) is 11.6 Å². The molecule has 2 aromatic rings. The van der Waals surface area contributed by atoms with Crippen molar-refractivity contribution in [3.63, 3.8) is 0 Å². The second-order valence-corrected chi connectivity index (χ2v) is 4.05. The number of rotatable bonds is 3. The van der Waals surface area contributed by atoms with Crippen LogP contribution in [-0.4, -0.2) is 11.0 Å². The Balaban J connectivity index is 2.18. The van der Waals surface area contributed by atoms with Gasteiger partial charge in [-0.3, -0.25) is 4.79 Å². The molecule has 0 heterocycles. The number of aliphatic hydroxyl groups is 1. The number of carbonyl (C=O) groups is 1. The predicted molar refractivity (Wildman–Crippen MR) is 71.1 cm³/mol. The number of nitrogens with one attached hydrogen (secondary N) is 1. The number of benzene rings is 2. The number of hydrogen-bond acceptors (Lipinski definition) is 3. The number of halogens is 1. The number of nitrogens with two attached hydrogens (primary N) is 1. The topological polar surface area (TPSA) is 75.4 Å². The van der Waals surface area contributed by atoms with Gasteiger partial charge in [0.25, 0.3) is 5.91 Å². The highest BCUT2D eigenvalue weighted by molar-refractivity contribution is 6.04.